The van der Waals surface area contributed by atoms with Crippen molar-refractivity contribution in [1.82, 2.24) is 0 Å². The Hall–Kier alpha value is -3.96. The SMILES string of the molecule is OC(c1ccccc1)(c1ccccc1)C12CC[N+](CCOCc3ccccc3)(CC1)CC2.OC(c1ccccc1)(c1ccccc1)C12CC[N+](CCOCc3ccccc3)(CC1)CC2.[Br-].[Br-]. The molecule has 66 heavy (non-hydrogen) atoms. The molecule has 6 aliphatic heterocycles. The van der Waals surface area contributed by atoms with Crippen LogP contribution in [0.2, 0.25) is 0 Å². The lowest BCUT2D eigenvalue weighted by Crippen LogP contribution is -3.00. The molecule has 4 bridgehead atoms. The maximum atomic E-state index is 12.4. The third-order valence-electron chi connectivity index (χ3n) is 16.3. The predicted octanol–water partition coefficient (Wildman–Crippen LogP) is 4.29. The highest BCUT2D eigenvalue weighted by atomic mass is 79.9. The quantitative estimate of drug-likeness (QED) is 0.112. The minimum Gasteiger partial charge on any atom is -1.00 e. The molecule has 6 aliphatic rings. The number of rotatable bonds is 16. The highest BCUT2D eigenvalue weighted by Gasteiger charge is 2.61. The van der Waals surface area contributed by atoms with E-state index < -0.39 is 11.2 Å². The number of fused-ring (bicyclic) bond motifs is 6. The second-order valence-corrected chi connectivity index (χ2v) is 19.5. The van der Waals surface area contributed by atoms with Gasteiger partial charge in [0.15, 0.2) is 0 Å². The monoisotopic (exact) mass is 1010 g/mol. The van der Waals surface area contributed by atoms with Crippen LogP contribution >= 0.6 is 0 Å². The van der Waals surface area contributed by atoms with Gasteiger partial charge in [0, 0.05) is 49.4 Å². The lowest BCUT2D eigenvalue weighted by atomic mass is 9.56. The molecule has 0 radical (unpaired) electrons. The summed E-state index contributed by atoms with van der Waals surface area (Å²) in [7, 11) is 0. The molecular weight excluding hydrogens is 948 g/mol. The molecule has 8 heteroatoms. The molecule has 6 nitrogen and oxygen atoms in total. The largest absolute Gasteiger partial charge is 1.00 e. The number of halogens is 2. The van der Waals surface area contributed by atoms with Crippen LogP contribution in [0, 0.1) is 10.8 Å². The van der Waals surface area contributed by atoms with Gasteiger partial charge in [0.2, 0.25) is 0 Å². The molecule has 6 aromatic carbocycles. The average Bonchev–Trinajstić information content (AvgIpc) is 3.39. The average molecular weight is 1020 g/mol. The predicted molar refractivity (Wildman–Crippen MR) is 256 cm³/mol. The first-order valence-corrected chi connectivity index (χ1v) is 23.9. The Bertz CT molecular complexity index is 2060. The first-order valence-electron chi connectivity index (χ1n) is 23.9. The van der Waals surface area contributed by atoms with E-state index in [1.54, 1.807) is 0 Å². The Morgan fingerprint density at radius 3 is 0.833 bits per heavy atom. The molecule has 6 heterocycles. The van der Waals surface area contributed by atoms with Gasteiger partial charge in [0.1, 0.15) is 24.3 Å². The van der Waals surface area contributed by atoms with Gasteiger partial charge >= 0.3 is 0 Å². The number of ether oxygens (including phenoxy) is 2. The number of benzene rings is 6. The van der Waals surface area contributed by atoms with E-state index in [1.165, 1.54) is 11.1 Å². The first-order chi connectivity index (χ1) is 31.3. The second-order valence-electron chi connectivity index (χ2n) is 19.5. The van der Waals surface area contributed by atoms with Crippen LogP contribution in [-0.2, 0) is 33.9 Å². The van der Waals surface area contributed by atoms with Crippen molar-refractivity contribution in [2.75, 3.05) is 65.6 Å². The van der Waals surface area contributed by atoms with Crippen molar-refractivity contribution >= 4 is 0 Å². The molecule has 0 amide bonds. The van der Waals surface area contributed by atoms with Crippen LogP contribution in [0.3, 0.4) is 0 Å². The number of hydrogen-bond donors (Lipinski definition) is 2. The van der Waals surface area contributed by atoms with Gasteiger partial charge in [0.25, 0.3) is 0 Å². The summed E-state index contributed by atoms with van der Waals surface area (Å²) in [6.45, 7) is 11.8. The Morgan fingerprint density at radius 2 is 0.591 bits per heavy atom. The molecule has 0 aliphatic carbocycles. The van der Waals surface area contributed by atoms with E-state index in [-0.39, 0.29) is 44.8 Å². The molecule has 348 valence electrons. The summed E-state index contributed by atoms with van der Waals surface area (Å²) in [5, 5.41) is 24.9. The Kier molecular flexibility index (Phi) is 16.6. The molecule has 0 spiro atoms. The molecule has 2 N–H and O–H groups in total. The van der Waals surface area contributed by atoms with Crippen LogP contribution < -0.4 is 34.0 Å². The van der Waals surface area contributed by atoms with Crippen molar-refractivity contribution in [3.8, 4) is 0 Å². The fourth-order valence-electron chi connectivity index (χ4n) is 12.2. The highest BCUT2D eigenvalue weighted by molar-refractivity contribution is 5.41. The molecule has 0 unspecified atom stereocenters. The summed E-state index contributed by atoms with van der Waals surface area (Å²) >= 11 is 0. The van der Waals surface area contributed by atoms with E-state index in [4.69, 9.17) is 9.47 Å². The zero-order chi connectivity index (χ0) is 43.8. The van der Waals surface area contributed by atoms with Crippen molar-refractivity contribution in [2.24, 2.45) is 10.8 Å². The normalized spacial score (nSPS) is 24.3. The van der Waals surface area contributed by atoms with Gasteiger partial charge in [-0.1, -0.05) is 182 Å². The van der Waals surface area contributed by atoms with E-state index in [0.29, 0.717) is 13.2 Å². The molecule has 0 aromatic heterocycles. The van der Waals surface area contributed by atoms with E-state index in [9.17, 15) is 10.2 Å². The number of hydrogen-bond acceptors (Lipinski definition) is 4. The first kappa shape index (κ1) is 49.9. The minimum atomic E-state index is -0.949. The zero-order valence-electron chi connectivity index (χ0n) is 38.4. The van der Waals surface area contributed by atoms with E-state index in [2.05, 4.69) is 146 Å². The van der Waals surface area contributed by atoms with Crippen LogP contribution in [0.1, 0.15) is 71.9 Å². The number of piperidine rings is 6. The summed E-state index contributed by atoms with van der Waals surface area (Å²) in [6, 6.07) is 62.2. The molecule has 0 atom stereocenters. The molecule has 6 fully saturated rings. The van der Waals surface area contributed by atoms with Gasteiger partial charge in [-0.15, -0.1) is 0 Å². The summed E-state index contributed by atoms with van der Waals surface area (Å²) in [4.78, 5) is 0. The van der Waals surface area contributed by atoms with Crippen molar-refractivity contribution in [2.45, 2.75) is 62.9 Å². The van der Waals surface area contributed by atoms with Gasteiger partial charge in [-0.2, -0.15) is 0 Å². The standard InChI is InChI=1S/2C29H34NO2.2BrH/c2*31-29(26-12-6-2-7-13-26,27-14-8-3-9-15-27)28-16-19-30(20-17-28,21-18-28)22-23-32-24-25-10-4-1-5-11-25;;/h2*1-15,31H,16-24H2;2*1H/q2*+1;;/p-2. The topological polar surface area (TPSA) is 58.9 Å². The van der Waals surface area contributed by atoms with Crippen LogP contribution in [0.4, 0.5) is 0 Å². The molecule has 6 aromatic rings. The third kappa shape index (κ3) is 10.1. The lowest BCUT2D eigenvalue weighted by Gasteiger charge is -2.60. The van der Waals surface area contributed by atoms with Gasteiger partial charge < -0.3 is 62.6 Å². The van der Waals surface area contributed by atoms with Gasteiger partial charge in [-0.05, 0) is 33.4 Å². The van der Waals surface area contributed by atoms with Crippen LogP contribution in [0.15, 0.2) is 182 Å². The van der Waals surface area contributed by atoms with Gasteiger partial charge in [-0.3, -0.25) is 0 Å². The van der Waals surface area contributed by atoms with E-state index in [1.807, 2.05) is 36.4 Å². The second kappa shape index (κ2) is 22.0. The van der Waals surface area contributed by atoms with Crippen LogP contribution in [0.25, 0.3) is 0 Å². The van der Waals surface area contributed by atoms with Gasteiger partial charge in [-0.25, -0.2) is 0 Å². The summed E-state index contributed by atoms with van der Waals surface area (Å²) < 4.78 is 14.3. The summed E-state index contributed by atoms with van der Waals surface area (Å²) in [5.41, 5.74) is 4.46. The Labute approximate surface area is 415 Å². The van der Waals surface area contributed by atoms with Crippen molar-refractivity contribution < 1.29 is 62.6 Å². The number of nitrogens with zero attached hydrogens (tertiary/aromatic N) is 2. The van der Waals surface area contributed by atoms with Crippen LogP contribution in [0.5, 0.6) is 0 Å². The van der Waals surface area contributed by atoms with Crippen molar-refractivity contribution in [1.29, 1.82) is 0 Å². The van der Waals surface area contributed by atoms with Gasteiger partial charge in [0.05, 0.1) is 65.7 Å². The fourth-order valence-corrected chi connectivity index (χ4v) is 12.2. The maximum Gasteiger partial charge on any atom is 0.121 e. The lowest BCUT2D eigenvalue weighted by molar-refractivity contribution is -0.946. The number of aliphatic hydroxyl groups is 2. The Balaban J connectivity index is 0.000000191. The third-order valence-corrected chi connectivity index (χ3v) is 16.3. The number of quaternary nitrogens is 2. The van der Waals surface area contributed by atoms with Crippen LogP contribution in [-0.4, -0.2) is 84.8 Å². The molecule has 12 rings (SSSR count). The summed E-state index contributed by atoms with van der Waals surface area (Å²) in [5.74, 6) is 0. The molecular formula is C58H68Br2N2O4. The smallest absolute Gasteiger partial charge is 0.121 e. The fraction of sp³-hybridized carbons (Fsp3) is 0.379. The zero-order valence-corrected chi connectivity index (χ0v) is 41.6. The van der Waals surface area contributed by atoms with Crippen molar-refractivity contribution in [3.63, 3.8) is 0 Å². The van der Waals surface area contributed by atoms with Crippen molar-refractivity contribution in [3.05, 3.63) is 215 Å². The maximum absolute atomic E-state index is 12.4. The van der Waals surface area contributed by atoms with E-state index in [0.717, 1.165) is 135 Å². The summed E-state index contributed by atoms with van der Waals surface area (Å²) in [6.07, 6.45) is 6.29. The molecule has 0 saturated carbocycles. The van der Waals surface area contributed by atoms with E-state index >= 15 is 0 Å². The Morgan fingerprint density at radius 1 is 0.364 bits per heavy atom. The molecule has 6 saturated heterocycles. The minimum absolute atomic E-state index is 0. The highest BCUT2D eigenvalue weighted by Crippen LogP contribution is 2.59.